The number of nitrogens with one attached hydrogen (secondary N) is 2. The van der Waals surface area contributed by atoms with Gasteiger partial charge in [-0.2, -0.15) is 0 Å². The number of rotatable bonds is 7. The molecule has 0 atom stereocenters. The van der Waals surface area contributed by atoms with Crippen LogP contribution in [-0.4, -0.2) is 29.6 Å². The molecule has 6 heteroatoms. The molecule has 0 aliphatic heterocycles. The van der Waals surface area contributed by atoms with Gasteiger partial charge in [0.25, 0.3) is 5.56 Å². The molecule has 0 spiro atoms. The molecule has 34 heavy (non-hydrogen) atoms. The van der Waals surface area contributed by atoms with Crippen molar-refractivity contribution < 1.29 is 9.53 Å². The van der Waals surface area contributed by atoms with Crippen LogP contribution in [0.5, 0.6) is 5.75 Å². The highest BCUT2D eigenvalue weighted by Crippen LogP contribution is 2.18. The molecule has 0 fully saturated rings. The number of ether oxygens (including phenoxy) is 1. The third-order valence-corrected chi connectivity index (χ3v) is 5.82. The maximum Gasteiger partial charge on any atom is 0.322 e. The first-order chi connectivity index (χ1) is 16.4. The normalized spacial score (nSPS) is 10.8. The highest BCUT2D eigenvalue weighted by atomic mass is 16.5. The number of benzene rings is 3. The van der Waals surface area contributed by atoms with Crippen molar-refractivity contribution in [2.75, 3.05) is 19.0 Å². The smallest absolute Gasteiger partial charge is 0.322 e. The number of nitrogens with zero attached hydrogens (tertiary/aromatic N) is 1. The largest absolute Gasteiger partial charge is 0.497 e. The summed E-state index contributed by atoms with van der Waals surface area (Å²) >= 11 is 0. The summed E-state index contributed by atoms with van der Waals surface area (Å²) in [5, 5.41) is 3.88. The summed E-state index contributed by atoms with van der Waals surface area (Å²) in [6.07, 6.45) is 0.683. The summed E-state index contributed by atoms with van der Waals surface area (Å²) in [5.41, 5.74) is 5.21. The van der Waals surface area contributed by atoms with Crippen molar-refractivity contribution in [1.82, 2.24) is 9.88 Å². The van der Waals surface area contributed by atoms with Crippen LogP contribution in [0.1, 0.15) is 22.3 Å². The zero-order valence-electron chi connectivity index (χ0n) is 19.7. The standard InChI is InChI=1S/C28H29N3O3/c1-19-5-4-6-21(15-19)13-14-31(28(33)29-24-9-11-25(34-3)12-10-24)18-23-17-22-8-7-20(2)16-26(22)30-27(23)32/h4-12,15-17H,13-14,18H2,1-3H3,(H,29,33)(H,30,32). The molecule has 0 aliphatic carbocycles. The Morgan fingerprint density at radius 2 is 1.74 bits per heavy atom. The monoisotopic (exact) mass is 455 g/mol. The number of aryl methyl sites for hydroxylation is 2. The fraction of sp³-hybridized carbons (Fsp3) is 0.214. The Morgan fingerprint density at radius 3 is 2.47 bits per heavy atom. The maximum atomic E-state index is 13.3. The molecule has 1 aromatic heterocycles. The predicted molar refractivity (Wildman–Crippen MR) is 137 cm³/mol. The van der Waals surface area contributed by atoms with Gasteiger partial charge < -0.3 is 19.9 Å². The number of aromatic nitrogens is 1. The molecule has 1 heterocycles. The van der Waals surface area contributed by atoms with Gasteiger partial charge in [0.2, 0.25) is 0 Å². The number of carbonyl (C=O) groups is 1. The Morgan fingerprint density at radius 1 is 0.971 bits per heavy atom. The van der Waals surface area contributed by atoms with Crippen LogP contribution in [0.4, 0.5) is 10.5 Å². The Labute approximate surface area is 199 Å². The summed E-state index contributed by atoms with van der Waals surface area (Å²) in [4.78, 5) is 30.7. The second-order valence-corrected chi connectivity index (χ2v) is 8.53. The number of hydrogen-bond donors (Lipinski definition) is 2. The fourth-order valence-corrected chi connectivity index (χ4v) is 3.94. The van der Waals surface area contributed by atoms with Crippen LogP contribution in [0.15, 0.2) is 77.6 Å². The fourth-order valence-electron chi connectivity index (χ4n) is 3.94. The van der Waals surface area contributed by atoms with Crippen LogP contribution in [0.25, 0.3) is 10.9 Å². The van der Waals surface area contributed by atoms with E-state index in [1.807, 2.05) is 50.2 Å². The number of fused-ring (bicyclic) bond motifs is 1. The molecule has 2 amide bonds. The molecule has 3 aromatic carbocycles. The number of pyridine rings is 1. The van der Waals surface area contributed by atoms with Gasteiger partial charge in [0.1, 0.15) is 5.75 Å². The van der Waals surface area contributed by atoms with Crippen LogP contribution in [0.2, 0.25) is 0 Å². The van der Waals surface area contributed by atoms with Gasteiger partial charge in [-0.25, -0.2) is 4.79 Å². The summed E-state index contributed by atoms with van der Waals surface area (Å²) in [6, 6.07) is 23.0. The van der Waals surface area contributed by atoms with Crippen LogP contribution in [0, 0.1) is 13.8 Å². The Kier molecular flexibility index (Phi) is 6.97. The molecule has 4 aromatic rings. The van der Waals surface area contributed by atoms with Gasteiger partial charge in [0.05, 0.1) is 13.7 Å². The van der Waals surface area contributed by atoms with E-state index in [4.69, 9.17) is 4.74 Å². The van der Waals surface area contributed by atoms with Crippen molar-refractivity contribution >= 4 is 22.6 Å². The lowest BCUT2D eigenvalue weighted by Crippen LogP contribution is -2.37. The number of urea groups is 1. The molecule has 174 valence electrons. The van der Waals surface area contributed by atoms with E-state index in [1.165, 1.54) is 5.56 Å². The van der Waals surface area contributed by atoms with Crippen LogP contribution < -0.4 is 15.6 Å². The zero-order valence-corrected chi connectivity index (χ0v) is 19.7. The summed E-state index contributed by atoms with van der Waals surface area (Å²) in [6.45, 7) is 4.71. The molecular weight excluding hydrogens is 426 g/mol. The van der Waals surface area contributed by atoms with E-state index >= 15 is 0 Å². The molecule has 4 rings (SSSR count). The van der Waals surface area contributed by atoms with Gasteiger partial charge in [0.15, 0.2) is 0 Å². The zero-order chi connectivity index (χ0) is 24.1. The minimum atomic E-state index is -0.263. The average molecular weight is 456 g/mol. The van der Waals surface area contributed by atoms with Gasteiger partial charge in [-0.3, -0.25) is 4.79 Å². The molecule has 0 aliphatic rings. The lowest BCUT2D eigenvalue weighted by molar-refractivity contribution is 0.209. The van der Waals surface area contributed by atoms with Crippen molar-refractivity contribution in [3.63, 3.8) is 0 Å². The van der Waals surface area contributed by atoms with E-state index in [9.17, 15) is 9.59 Å². The minimum Gasteiger partial charge on any atom is -0.497 e. The second kappa shape index (κ2) is 10.3. The molecule has 0 bridgehead atoms. The molecule has 2 N–H and O–H groups in total. The van der Waals surface area contributed by atoms with E-state index in [0.29, 0.717) is 30.0 Å². The van der Waals surface area contributed by atoms with E-state index in [2.05, 4.69) is 22.4 Å². The van der Waals surface area contributed by atoms with Crippen LogP contribution in [-0.2, 0) is 13.0 Å². The second-order valence-electron chi connectivity index (χ2n) is 8.53. The van der Waals surface area contributed by atoms with Crippen molar-refractivity contribution in [3.8, 4) is 5.75 Å². The molecule has 6 nitrogen and oxygen atoms in total. The van der Waals surface area contributed by atoms with Gasteiger partial charge in [-0.15, -0.1) is 0 Å². The lowest BCUT2D eigenvalue weighted by Gasteiger charge is -2.23. The van der Waals surface area contributed by atoms with Crippen LogP contribution >= 0.6 is 0 Å². The molecule has 0 radical (unpaired) electrons. The van der Waals surface area contributed by atoms with E-state index in [-0.39, 0.29) is 18.1 Å². The van der Waals surface area contributed by atoms with E-state index in [1.54, 1.807) is 36.3 Å². The Bertz CT molecular complexity index is 1360. The number of carbonyl (C=O) groups excluding carboxylic acids is 1. The number of amides is 2. The topological polar surface area (TPSA) is 74.4 Å². The molecular formula is C28H29N3O3. The quantitative estimate of drug-likeness (QED) is 0.390. The van der Waals surface area contributed by atoms with E-state index in [0.717, 1.165) is 22.0 Å². The van der Waals surface area contributed by atoms with Crippen molar-refractivity contribution in [2.24, 2.45) is 0 Å². The van der Waals surface area contributed by atoms with Gasteiger partial charge in [-0.1, -0.05) is 42.0 Å². The number of anilines is 1. The SMILES string of the molecule is COc1ccc(NC(=O)N(CCc2cccc(C)c2)Cc2cc3ccc(C)cc3[nH]c2=O)cc1. The number of aromatic amines is 1. The van der Waals surface area contributed by atoms with Crippen molar-refractivity contribution in [1.29, 1.82) is 0 Å². The minimum absolute atomic E-state index is 0.184. The molecule has 0 saturated carbocycles. The number of H-pyrrole nitrogens is 1. The Balaban J connectivity index is 1.58. The third kappa shape index (κ3) is 5.64. The lowest BCUT2D eigenvalue weighted by atomic mass is 10.1. The van der Waals surface area contributed by atoms with Gasteiger partial charge in [0, 0.05) is 23.3 Å². The first kappa shape index (κ1) is 23.1. The van der Waals surface area contributed by atoms with Crippen molar-refractivity contribution in [3.05, 3.63) is 105 Å². The third-order valence-electron chi connectivity index (χ3n) is 5.82. The highest BCUT2D eigenvalue weighted by Gasteiger charge is 2.17. The number of methoxy groups -OCH3 is 1. The predicted octanol–water partition coefficient (Wildman–Crippen LogP) is 5.43. The van der Waals surface area contributed by atoms with Crippen molar-refractivity contribution in [2.45, 2.75) is 26.8 Å². The van der Waals surface area contributed by atoms with Gasteiger partial charge in [-0.05, 0) is 73.2 Å². The first-order valence-electron chi connectivity index (χ1n) is 11.3. The van der Waals surface area contributed by atoms with E-state index < -0.39 is 0 Å². The molecule has 0 saturated heterocycles. The molecule has 0 unspecified atom stereocenters. The summed E-state index contributed by atoms with van der Waals surface area (Å²) < 4.78 is 5.19. The summed E-state index contributed by atoms with van der Waals surface area (Å²) in [5.74, 6) is 0.715. The Hall–Kier alpha value is -4.06. The van der Waals surface area contributed by atoms with Gasteiger partial charge >= 0.3 is 6.03 Å². The number of hydrogen-bond acceptors (Lipinski definition) is 3. The highest BCUT2D eigenvalue weighted by molar-refractivity contribution is 5.89. The summed E-state index contributed by atoms with van der Waals surface area (Å²) in [7, 11) is 1.60. The average Bonchev–Trinajstić information content (AvgIpc) is 2.82. The maximum absolute atomic E-state index is 13.3. The van der Waals surface area contributed by atoms with Crippen LogP contribution in [0.3, 0.4) is 0 Å². The first-order valence-corrected chi connectivity index (χ1v) is 11.3.